The van der Waals surface area contributed by atoms with Crippen molar-refractivity contribution in [1.29, 1.82) is 0 Å². The van der Waals surface area contributed by atoms with E-state index in [-0.39, 0.29) is 0 Å². The van der Waals surface area contributed by atoms with Crippen LogP contribution >= 0.6 is 11.9 Å². The first-order chi connectivity index (χ1) is 6.84. The van der Waals surface area contributed by atoms with E-state index in [9.17, 15) is 4.79 Å². The van der Waals surface area contributed by atoms with Gasteiger partial charge in [0.05, 0.1) is 6.54 Å². The highest BCUT2D eigenvalue weighted by atomic mass is 32.2. The third-order valence-electron chi connectivity index (χ3n) is 2.27. The Morgan fingerprint density at radius 1 is 1.43 bits per heavy atom. The SMILES string of the molecule is O=C1CCCN(SC2=CCCC=N2)C1. The lowest BCUT2D eigenvalue weighted by molar-refractivity contribution is -0.120. The Morgan fingerprint density at radius 2 is 2.36 bits per heavy atom. The van der Waals surface area contributed by atoms with Gasteiger partial charge in [-0.1, -0.05) is 6.08 Å². The van der Waals surface area contributed by atoms with Crippen molar-refractivity contribution in [2.75, 3.05) is 13.1 Å². The number of carbonyl (C=O) groups excluding carboxylic acids is 1. The van der Waals surface area contributed by atoms with Crippen molar-refractivity contribution in [3.8, 4) is 0 Å². The van der Waals surface area contributed by atoms with Gasteiger partial charge in [0.15, 0.2) is 0 Å². The Labute approximate surface area is 88.4 Å². The Kier molecular flexibility index (Phi) is 3.37. The van der Waals surface area contributed by atoms with Crippen LogP contribution in [0.25, 0.3) is 0 Å². The first-order valence-electron chi connectivity index (χ1n) is 5.02. The summed E-state index contributed by atoms with van der Waals surface area (Å²) in [5.74, 6) is 0.351. The lowest BCUT2D eigenvalue weighted by atomic mass is 10.1. The monoisotopic (exact) mass is 210 g/mol. The smallest absolute Gasteiger partial charge is 0.147 e. The van der Waals surface area contributed by atoms with Gasteiger partial charge in [-0.3, -0.25) is 9.79 Å². The molecular weight excluding hydrogens is 196 g/mol. The summed E-state index contributed by atoms with van der Waals surface area (Å²) >= 11 is 1.62. The predicted molar refractivity (Wildman–Crippen MR) is 59.2 cm³/mol. The molecule has 0 unspecified atom stereocenters. The molecule has 0 aromatic heterocycles. The molecule has 2 aliphatic rings. The van der Waals surface area contributed by atoms with Crippen molar-refractivity contribution in [3.63, 3.8) is 0 Å². The molecule has 1 fully saturated rings. The van der Waals surface area contributed by atoms with Gasteiger partial charge in [-0.05, 0) is 31.2 Å². The van der Waals surface area contributed by atoms with Gasteiger partial charge < -0.3 is 0 Å². The van der Waals surface area contributed by atoms with Crippen molar-refractivity contribution in [3.05, 3.63) is 11.1 Å². The summed E-state index contributed by atoms with van der Waals surface area (Å²) in [6.07, 6.45) is 7.96. The molecule has 0 aromatic carbocycles. The quantitative estimate of drug-likeness (QED) is 0.653. The average Bonchev–Trinajstić information content (AvgIpc) is 2.19. The normalized spacial score (nSPS) is 23.7. The molecule has 0 saturated carbocycles. The first-order valence-corrected chi connectivity index (χ1v) is 5.79. The van der Waals surface area contributed by atoms with Crippen LogP contribution in [0.1, 0.15) is 25.7 Å². The minimum atomic E-state index is 0.351. The van der Waals surface area contributed by atoms with Crippen LogP contribution in [0.15, 0.2) is 16.1 Å². The molecule has 14 heavy (non-hydrogen) atoms. The van der Waals surface area contributed by atoms with Crippen LogP contribution < -0.4 is 0 Å². The largest absolute Gasteiger partial charge is 0.298 e. The second-order valence-corrected chi connectivity index (χ2v) is 4.65. The number of nitrogens with zero attached hydrogens (tertiary/aromatic N) is 2. The molecule has 2 heterocycles. The second kappa shape index (κ2) is 4.75. The summed E-state index contributed by atoms with van der Waals surface area (Å²) in [4.78, 5) is 15.5. The topological polar surface area (TPSA) is 32.7 Å². The third-order valence-corrected chi connectivity index (χ3v) is 3.30. The van der Waals surface area contributed by atoms with Crippen molar-refractivity contribution < 1.29 is 4.79 Å². The van der Waals surface area contributed by atoms with Crippen molar-refractivity contribution in [1.82, 2.24) is 4.31 Å². The van der Waals surface area contributed by atoms with E-state index in [0.717, 1.165) is 37.3 Å². The van der Waals surface area contributed by atoms with Crippen molar-refractivity contribution in [2.24, 2.45) is 4.99 Å². The van der Waals surface area contributed by atoms with E-state index >= 15 is 0 Å². The standard InChI is InChI=1S/C10H14N2OS/c13-9-4-3-7-12(8-9)14-10-5-1-2-6-11-10/h5-6H,1-4,7-8H2. The highest BCUT2D eigenvalue weighted by Gasteiger charge is 2.18. The number of rotatable bonds is 2. The number of Topliss-reactive ketones (excluding diaryl/α,β-unsaturated/α-hetero) is 1. The maximum Gasteiger partial charge on any atom is 0.147 e. The third kappa shape index (κ3) is 2.69. The number of piperidine rings is 1. The summed E-state index contributed by atoms with van der Waals surface area (Å²) < 4.78 is 2.11. The minimum Gasteiger partial charge on any atom is -0.298 e. The summed E-state index contributed by atoms with van der Waals surface area (Å²) in [5, 5.41) is 1.05. The van der Waals surface area contributed by atoms with E-state index in [1.165, 1.54) is 0 Å². The molecule has 0 amide bonds. The first kappa shape index (κ1) is 9.93. The van der Waals surface area contributed by atoms with Gasteiger partial charge >= 0.3 is 0 Å². The highest BCUT2D eigenvalue weighted by Crippen LogP contribution is 2.26. The van der Waals surface area contributed by atoms with Gasteiger partial charge in [0, 0.05) is 19.2 Å². The Morgan fingerprint density at radius 3 is 3.07 bits per heavy atom. The Balaban J connectivity index is 1.87. The second-order valence-electron chi connectivity index (χ2n) is 3.53. The fraction of sp³-hybridized carbons (Fsp3) is 0.600. The van der Waals surface area contributed by atoms with E-state index in [1.807, 2.05) is 6.21 Å². The molecule has 2 rings (SSSR count). The van der Waals surface area contributed by atoms with Gasteiger partial charge in [0.25, 0.3) is 0 Å². The number of allylic oxidation sites excluding steroid dienone is 1. The van der Waals surface area contributed by atoms with Gasteiger partial charge in [0.2, 0.25) is 0 Å². The molecule has 0 aromatic rings. The van der Waals surface area contributed by atoms with Crippen LogP contribution in [0.3, 0.4) is 0 Å². The Bertz CT molecular complexity index is 286. The molecule has 0 spiro atoms. The molecule has 2 aliphatic heterocycles. The highest BCUT2D eigenvalue weighted by molar-refractivity contribution is 8.00. The molecule has 0 aliphatic carbocycles. The van der Waals surface area contributed by atoms with Crippen molar-refractivity contribution in [2.45, 2.75) is 25.7 Å². The number of hydrogen-bond donors (Lipinski definition) is 0. The van der Waals surface area contributed by atoms with Crippen LogP contribution in [0, 0.1) is 0 Å². The number of hydrogen-bond acceptors (Lipinski definition) is 4. The molecule has 4 heteroatoms. The van der Waals surface area contributed by atoms with Gasteiger partial charge in [-0.2, -0.15) is 0 Å². The maximum absolute atomic E-state index is 11.2. The van der Waals surface area contributed by atoms with Crippen molar-refractivity contribution >= 4 is 23.9 Å². The van der Waals surface area contributed by atoms with Crippen LogP contribution in [-0.4, -0.2) is 29.4 Å². The van der Waals surface area contributed by atoms with Gasteiger partial charge in [-0.15, -0.1) is 0 Å². The summed E-state index contributed by atoms with van der Waals surface area (Å²) in [6, 6.07) is 0. The molecule has 1 saturated heterocycles. The lowest BCUT2D eigenvalue weighted by Gasteiger charge is -2.24. The molecule has 0 N–H and O–H groups in total. The zero-order valence-corrected chi connectivity index (χ0v) is 8.92. The molecule has 0 bridgehead atoms. The predicted octanol–water partition coefficient (Wildman–Crippen LogP) is 2.01. The lowest BCUT2D eigenvalue weighted by Crippen LogP contribution is -2.30. The summed E-state index contributed by atoms with van der Waals surface area (Å²) in [7, 11) is 0. The zero-order valence-electron chi connectivity index (χ0n) is 8.11. The molecule has 3 nitrogen and oxygen atoms in total. The number of ketones is 1. The summed E-state index contributed by atoms with van der Waals surface area (Å²) in [5.41, 5.74) is 0. The van der Waals surface area contributed by atoms with E-state index in [4.69, 9.17) is 0 Å². The van der Waals surface area contributed by atoms with Crippen LogP contribution in [0.4, 0.5) is 0 Å². The van der Waals surface area contributed by atoms with E-state index in [0.29, 0.717) is 12.3 Å². The van der Waals surface area contributed by atoms with E-state index in [2.05, 4.69) is 15.4 Å². The fourth-order valence-electron chi connectivity index (χ4n) is 1.57. The van der Waals surface area contributed by atoms with Crippen LogP contribution in [0.2, 0.25) is 0 Å². The zero-order chi connectivity index (χ0) is 9.80. The van der Waals surface area contributed by atoms with E-state index in [1.54, 1.807) is 11.9 Å². The molecule has 76 valence electrons. The molecular formula is C10H14N2OS. The Hall–Kier alpha value is -0.610. The van der Waals surface area contributed by atoms with Crippen LogP contribution in [-0.2, 0) is 4.79 Å². The molecule has 0 atom stereocenters. The minimum absolute atomic E-state index is 0.351. The molecule has 0 radical (unpaired) electrons. The van der Waals surface area contributed by atoms with Crippen LogP contribution in [0.5, 0.6) is 0 Å². The average molecular weight is 210 g/mol. The maximum atomic E-state index is 11.2. The van der Waals surface area contributed by atoms with Gasteiger partial charge in [-0.25, -0.2) is 4.31 Å². The fourth-order valence-corrected chi connectivity index (χ4v) is 2.57. The summed E-state index contributed by atoms with van der Waals surface area (Å²) in [6.45, 7) is 1.58. The van der Waals surface area contributed by atoms with Gasteiger partial charge in [0.1, 0.15) is 10.8 Å². The van der Waals surface area contributed by atoms with E-state index < -0.39 is 0 Å². The number of carbonyl (C=O) groups is 1. The number of aliphatic imine (C=N–C) groups is 1.